The Balaban J connectivity index is 1.72. The molecule has 0 bridgehead atoms. The second-order valence-electron chi connectivity index (χ2n) is 5.46. The monoisotopic (exact) mass is 418 g/mol. The molecular formula is C21H16Cl2O5. The van der Waals surface area contributed by atoms with Crippen molar-refractivity contribution in [2.24, 2.45) is 0 Å². The molecule has 144 valence electrons. The maximum absolute atomic E-state index is 11.7. The van der Waals surface area contributed by atoms with Crippen LogP contribution in [-0.4, -0.2) is 30.9 Å². The Morgan fingerprint density at radius 1 is 0.714 bits per heavy atom. The Morgan fingerprint density at radius 3 is 1.50 bits per heavy atom. The molecule has 5 nitrogen and oxygen atoms in total. The number of benzene rings is 2. The van der Waals surface area contributed by atoms with Crippen LogP contribution in [0, 0.1) is 0 Å². The summed E-state index contributed by atoms with van der Waals surface area (Å²) in [6.07, 6.45) is 5.28. The lowest BCUT2D eigenvalue weighted by molar-refractivity contribution is -0.148. The lowest BCUT2D eigenvalue weighted by Crippen LogP contribution is -2.19. The van der Waals surface area contributed by atoms with Crippen LogP contribution in [0.25, 0.3) is 12.2 Å². The van der Waals surface area contributed by atoms with Gasteiger partial charge in [-0.3, -0.25) is 4.79 Å². The van der Waals surface area contributed by atoms with Crippen LogP contribution in [0.1, 0.15) is 11.1 Å². The van der Waals surface area contributed by atoms with Crippen molar-refractivity contribution in [2.75, 3.05) is 13.2 Å². The van der Waals surface area contributed by atoms with E-state index in [1.807, 2.05) is 0 Å². The third kappa shape index (κ3) is 7.39. The number of carbonyl (C=O) groups is 3. The highest BCUT2D eigenvalue weighted by Crippen LogP contribution is 2.17. The van der Waals surface area contributed by atoms with E-state index in [1.165, 1.54) is 12.2 Å². The Morgan fingerprint density at radius 2 is 1.11 bits per heavy atom. The average Bonchev–Trinajstić information content (AvgIpc) is 2.69. The van der Waals surface area contributed by atoms with Crippen molar-refractivity contribution in [3.05, 3.63) is 81.9 Å². The summed E-state index contributed by atoms with van der Waals surface area (Å²) in [5.74, 6) is -1.98. The van der Waals surface area contributed by atoms with Crippen LogP contribution in [0.15, 0.2) is 60.7 Å². The molecule has 0 aliphatic heterocycles. The van der Waals surface area contributed by atoms with Crippen molar-refractivity contribution in [3.63, 3.8) is 0 Å². The number of halogens is 2. The second-order valence-corrected chi connectivity index (χ2v) is 6.28. The van der Waals surface area contributed by atoms with E-state index >= 15 is 0 Å². The lowest BCUT2D eigenvalue weighted by Gasteiger charge is -2.03. The van der Waals surface area contributed by atoms with Gasteiger partial charge in [-0.25, -0.2) is 9.59 Å². The van der Waals surface area contributed by atoms with Gasteiger partial charge in [0.2, 0.25) is 5.78 Å². The smallest absolute Gasteiger partial charge is 0.331 e. The second kappa shape index (κ2) is 11.1. The number of esters is 2. The van der Waals surface area contributed by atoms with Crippen LogP contribution in [0.3, 0.4) is 0 Å². The van der Waals surface area contributed by atoms with Gasteiger partial charge in [0.1, 0.15) is 0 Å². The van der Waals surface area contributed by atoms with Crippen LogP contribution in [0.2, 0.25) is 10.0 Å². The molecule has 0 radical (unpaired) electrons. The number of rotatable bonds is 8. The van der Waals surface area contributed by atoms with Crippen molar-refractivity contribution in [1.29, 1.82) is 0 Å². The molecule has 2 aromatic carbocycles. The van der Waals surface area contributed by atoms with E-state index in [9.17, 15) is 14.4 Å². The molecule has 0 aliphatic rings. The Hall–Kier alpha value is -2.89. The summed E-state index contributed by atoms with van der Waals surface area (Å²) in [6.45, 7) is -1.01. The molecule has 0 saturated heterocycles. The first kappa shape index (κ1) is 21.4. The summed E-state index contributed by atoms with van der Waals surface area (Å²) < 4.78 is 9.60. The maximum Gasteiger partial charge on any atom is 0.331 e. The van der Waals surface area contributed by atoms with E-state index in [1.54, 1.807) is 48.5 Å². The van der Waals surface area contributed by atoms with Crippen molar-refractivity contribution < 1.29 is 23.9 Å². The molecule has 7 heteroatoms. The quantitative estimate of drug-likeness (QED) is 0.469. The molecule has 2 aromatic rings. The van der Waals surface area contributed by atoms with Gasteiger partial charge in [-0.1, -0.05) is 59.6 Å². The zero-order valence-electron chi connectivity index (χ0n) is 14.6. The summed E-state index contributed by atoms with van der Waals surface area (Å²) in [4.78, 5) is 34.9. The largest absolute Gasteiger partial charge is 0.454 e. The molecule has 0 heterocycles. The molecule has 0 unspecified atom stereocenters. The van der Waals surface area contributed by atoms with Crippen LogP contribution < -0.4 is 0 Å². The highest BCUT2D eigenvalue weighted by molar-refractivity contribution is 6.32. The molecule has 2 rings (SSSR count). The number of carbonyl (C=O) groups excluding carboxylic acids is 3. The van der Waals surface area contributed by atoms with E-state index in [2.05, 4.69) is 0 Å². The number of hydrogen-bond acceptors (Lipinski definition) is 5. The minimum Gasteiger partial charge on any atom is -0.454 e. The summed E-state index contributed by atoms with van der Waals surface area (Å²) in [5.41, 5.74) is 1.29. The summed E-state index contributed by atoms with van der Waals surface area (Å²) >= 11 is 11.9. The van der Waals surface area contributed by atoms with E-state index < -0.39 is 30.9 Å². The minimum absolute atomic E-state index is 0.486. The molecule has 0 N–H and O–H groups in total. The van der Waals surface area contributed by atoms with Crippen molar-refractivity contribution in [2.45, 2.75) is 0 Å². The first-order chi connectivity index (χ1) is 13.5. The molecular weight excluding hydrogens is 403 g/mol. The average molecular weight is 419 g/mol. The van der Waals surface area contributed by atoms with Crippen LogP contribution >= 0.6 is 23.2 Å². The topological polar surface area (TPSA) is 69.7 Å². The first-order valence-corrected chi connectivity index (χ1v) is 8.92. The van der Waals surface area contributed by atoms with Gasteiger partial charge < -0.3 is 9.47 Å². The Bertz CT molecular complexity index is 845. The van der Waals surface area contributed by atoms with Crippen molar-refractivity contribution in [3.8, 4) is 0 Å². The lowest BCUT2D eigenvalue weighted by atomic mass is 10.2. The normalized spacial score (nSPS) is 10.9. The van der Waals surface area contributed by atoms with E-state index in [0.717, 1.165) is 12.2 Å². The predicted octanol–water partition coefficient (Wildman–Crippen LogP) is 4.38. The van der Waals surface area contributed by atoms with E-state index in [4.69, 9.17) is 32.7 Å². The molecule has 0 amide bonds. The van der Waals surface area contributed by atoms with Gasteiger partial charge in [0.25, 0.3) is 0 Å². The zero-order valence-corrected chi connectivity index (χ0v) is 16.2. The fourth-order valence-corrected chi connectivity index (χ4v) is 2.37. The molecule has 0 saturated carbocycles. The molecule has 28 heavy (non-hydrogen) atoms. The Kier molecular flexibility index (Phi) is 8.46. The molecule has 0 fully saturated rings. The zero-order chi connectivity index (χ0) is 20.4. The fourth-order valence-electron chi connectivity index (χ4n) is 1.98. The molecule has 0 atom stereocenters. The van der Waals surface area contributed by atoms with Crippen LogP contribution in [-0.2, 0) is 23.9 Å². The van der Waals surface area contributed by atoms with Gasteiger partial charge >= 0.3 is 11.9 Å². The summed E-state index contributed by atoms with van der Waals surface area (Å²) in [7, 11) is 0. The molecule has 0 aromatic heterocycles. The predicted molar refractivity (Wildman–Crippen MR) is 108 cm³/mol. The minimum atomic E-state index is -0.710. The summed E-state index contributed by atoms with van der Waals surface area (Å²) in [6, 6.07) is 13.9. The van der Waals surface area contributed by atoms with Crippen molar-refractivity contribution in [1.82, 2.24) is 0 Å². The van der Waals surface area contributed by atoms with Crippen molar-refractivity contribution >= 4 is 53.1 Å². The fraction of sp³-hybridized carbons (Fsp3) is 0.0952. The molecule has 0 spiro atoms. The standard InChI is InChI=1S/C21H16Cl2O5/c22-18-7-3-1-5-15(18)9-11-20(25)27-13-17(24)14-28-21(26)12-10-16-6-2-4-8-19(16)23/h1-12H,13-14H2. The van der Waals surface area contributed by atoms with Gasteiger partial charge in [0.15, 0.2) is 13.2 Å². The summed E-state index contributed by atoms with van der Waals surface area (Å²) in [5, 5.41) is 0.971. The third-order valence-electron chi connectivity index (χ3n) is 3.36. The number of ether oxygens (including phenoxy) is 2. The highest BCUT2D eigenvalue weighted by atomic mass is 35.5. The molecule has 0 aliphatic carbocycles. The van der Waals surface area contributed by atoms with E-state index in [0.29, 0.717) is 21.2 Å². The van der Waals surface area contributed by atoms with Crippen LogP contribution in [0.5, 0.6) is 0 Å². The maximum atomic E-state index is 11.7. The van der Waals surface area contributed by atoms with Gasteiger partial charge in [-0.2, -0.15) is 0 Å². The van der Waals surface area contributed by atoms with Gasteiger partial charge in [-0.05, 0) is 35.4 Å². The van der Waals surface area contributed by atoms with E-state index in [-0.39, 0.29) is 0 Å². The number of ketones is 1. The highest BCUT2D eigenvalue weighted by Gasteiger charge is 2.08. The van der Waals surface area contributed by atoms with Crippen LogP contribution in [0.4, 0.5) is 0 Å². The number of hydrogen-bond donors (Lipinski definition) is 0. The van der Waals surface area contributed by atoms with Gasteiger partial charge in [0.05, 0.1) is 0 Å². The van der Waals surface area contributed by atoms with Gasteiger partial charge in [0, 0.05) is 22.2 Å². The SMILES string of the molecule is O=C(COC(=O)C=Cc1ccccc1Cl)COC(=O)C=Cc1ccccc1Cl. The number of Topliss-reactive ketones (excluding diaryl/α,β-unsaturated/α-hetero) is 1. The Labute approximate surface area is 172 Å². The third-order valence-corrected chi connectivity index (χ3v) is 4.05. The van der Waals surface area contributed by atoms with Gasteiger partial charge in [-0.15, -0.1) is 0 Å². The first-order valence-electron chi connectivity index (χ1n) is 8.16.